The lowest BCUT2D eigenvalue weighted by molar-refractivity contribution is -0.128. The van der Waals surface area contributed by atoms with E-state index >= 15 is 0 Å². The second kappa shape index (κ2) is 6.43. The van der Waals surface area contributed by atoms with Gasteiger partial charge in [-0.05, 0) is 38.5 Å². The van der Waals surface area contributed by atoms with Crippen LogP contribution in [0, 0.1) is 5.92 Å². The normalized spacial score (nSPS) is 22.1. The molecule has 6 nitrogen and oxygen atoms in total. The zero-order valence-corrected chi connectivity index (χ0v) is 12.2. The molecule has 20 heavy (non-hydrogen) atoms. The van der Waals surface area contributed by atoms with Gasteiger partial charge >= 0.3 is 6.03 Å². The highest BCUT2D eigenvalue weighted by Gasteiger charge is 2.44. The van der Waals surface area contributed by atoms with Gasteiger partial charge < -0.3 is 21.7 Å². The molecule has 0 bridgehead atoms. The Kier molecular flexibility index (Phi) is 4.86. The third kappa shape index (κ3) is 3.42. The standard InChI is InChI=1S/C14H26N4O2/c1-2-16-13(20)18-14(7-3-4-8-14)12(19)17-11(9-15)10-5-6-10/h10-11H,2-9,15H2,1H3,(H,17,19)(H2,16,18,20). The number of carbonyl (C=O) groups is 2. The summed E-state index contributed by atoms with van der Waals surface area (Å²) in [4.78, 5) is 24.4. The summed E-state index contributed by atoms with van der Waals surface area (Å²) in [7, 11) is 0. The minimum Gasteiger partial charge on any atom is -0.350 e. The number of amides is 3. The van der Waals surface area contributed by atoms with Crippen LogP contribution in [0.1, 0.15) is 45.4 Å². The van der Waals surface area contributed by atoms with Crippen molar-refractivity contribution in [2.45, 2.75) is 57.0 Å². The van der Waals surface area contributed by atoms with Crippen LogP contribution < -0.4 is 21.7 Å². The van der Waals surface area contributed by atoms with E-state index in [1.165, 1.54) is 0 Å². The van der Waals surface area contributed by atoms with Crippen molar-refractivity contribution in [3.63, 3.8) is 0 Å². The van der Waals surface area contributed by atoms with Gasteiger partial charge in [-0.15, -0.1) is 0 Å². The fourth-order valence-electron chi connectivity index (χ4n) is 2.98. The van der Waals surface area contributed by atoms with Crippen molar-refractivity contribution in [3.8, 4) is 0 Å². The fourth-order valence-corrected chi connectivity index (χ4v) is 2.98. The van der Waals surface area contributed by atoms with Crippen LogP contribution in [0.15, 0.2) is 0 Å². The molecule has 2 aliphatic rings. The number of carbonyl (C=O) groups excluding carboxylic acids is 2. The molecule has 2 fully saturated rings. The molecular weight excluding hydrogens is 256 g/mol. The number of hydrogen-bond donors (Lipinski definition) is 4. The molecule has 2 rings (SSSR count). The lowest BCUT2D eigenvalue weighted by Gasteiger charge is -2.31. The largest absolute Gasteiger partial charge is 0.350 e. The summed E-state index contributed by atoms with van der Waals surface area (Å²) in [6.07, 6.45) is 5.63. The van der Waals surface area contributed by atoms with Crippen LogP contribution in [0.5, 0.6) is 0 Å². The second-order valence-electron chi connectivity index (χ2n) is 5.93. The highest BCUT2D eigenvalue weighted by atomic mass is 16.2. The van der Waals surface area contributed by atoms with Gasteiger partial charge in [0.25, 0.3) is 0 Å². The average molecular weight is 282 g/mol. The van der Waals surface area contributed by atoms with E-state index in [1.54, 1.807) is 0 Å². The molecule has 6 heteroatoms. The molecule has 0 spiro atoms. The number of hydrogen-bond acceptors (Lipinski definition) is 3. The molecule has 0 radical (unpaired) electrons. The van der Waals surface area contributed by atoms with Crippen LogP contribution in [0.3, 0.4) is 0 Å². The second-order valence-corrected chi connectivity index (χ2v) is 5.93. The SMILES string of the molecule is CCNC(=O)NC1(C(=O)NC(CN)C2CC2)CCCC1. The first-order valence-electron chi connectivity index (χ1n) is 7.68. The third-order valence-electron chi connectivity index (χ3n) is 4.34. The minimum atomic E-state index is -0.748. The molecule has 1 unspecified atom stereocenters. The van der Waals surface area contributed by atoms with Crippen molar-refractivity contribution < 1.29 is 9.59 Å². The van der Waals surface area contributed by atoms with Gasteiger partial charge in [-0.2, -0.15) is 0 Å². The number of rotatable bonds is 6. The molecule has 1 atom stereocenters. The predicted molar refractivity (Wildman–Crippen MR) is 77.1 cm³/mol. The van der Waals surface area contributed by atoms with Crippen LogP contribution in [-0.4, -0.2) is 36.6 Å². The quantitative estimate of drug-likeness (QED) is 0.570. The van der Waals surface area contributed by atoms with Crippen molar-refractivity contribution in [2.24, 2.45) is 11.7 Å². The topological polar surface area (TPSA) is 96.2 Å². The molecule has 3 amide bonds. The molecule has 2 saturated carbocycles. The number of urea groups is 1. The van der Waals surface area contributed by atoms with Gasteiger partial charge in [0.2, 0.25) is 5.91 Å². The molecule has 0 saturated heterocycles. The van der Waals surface area contributed by atoms with Gasteiger partial charge in [-0.25, -0.2) is 4.79 Å². The molecule has 5 N–H and O–H groups in total. The first-order chi connectivity index (χ1) is 9.61. The molecular formula is C14H26N4O2. The monoisotopic (exact) mass is 282 g/mol. The zero-order valence-electron chi connectivity index (χ0n) is 12.2. The Labute approximate surface area is 120 Å². The van der Waals surface area contributed by atoms with E-state index in [9.17, 15) is 9.59 Å². The lowest BCUT2D eigenvalue weighted by Crippen LogP contribution is -2.61. The Hall–Kier alpha value is -1.30. The smallest absolute Gasteiger partial charge is 0.315 e. The summed E-state index contributed by atoms with van der Waals surface area (Å²) in [5, 5.41) is 8.63. The Balaban J connectivity index is 1.99. The summed E-state index contributed by atoms with van der Waals surface area (Å²) >= 11 is 0. The minimum absolute atomic E-state index is 0.0519. The summed E-state index contributed by atoms with van der Waals surface area (Å²) in [6.45, 7) is 2.88. The Morgan fingerprint density at radius 2 is 1.95 bits per heavy atom. The summed E-state index contributed by atoms with van der Waals surface area (Å²) in [5.74, 6) is 0.454. The summed E-state index contributed by atoms with van der Waals surface area (Å²) in [6, 6.07) is -0.212. The first-order valence-corrected chi connectivity index (χ1v) is 7.68. The first kappa shape index (κ1) is 15.1. The van der Waals surface area contributed by atoms with Crippen LogP contribution in [0.4, 0.5) is 4.79 Å². The van der Waals surface area contributed by atoms with Crippen molar-refractivity contribution >= 4 is 11.9 Å². The maximum absolute atomic E-state index is 12.6. The Morgan fingerprint density at radius 1 is 1.30 bits per heavy atom. The van der Waals surface area contributed by atoms with E-state index in [0.29, 0.717) is 31.8 Å². The third-order valence-corrected chi connectivity index (χ3v) is 4.34. The van der Waals surface area contributed by atoms with E-state index in [-0.39, 0.29) is 18.0 Å². The van der Waals surface area contributed by atoms with E-state index in [2.05, 4.69) is 16.0 Å². The average Bonchev–Trinajstić information content (AvgIpc) is 3.16. The van der Waals surface area contributed by atoms with Gasteiger partial charge in [-0.3, -0.25) is 4.79 Å². The predicted octanol–water partition coefficient (Wildman–Crippen LogP) is 0.472. The fraction of sp³-hybridized carbons (Fsp3) is 0.857. The van der Waals surface area contributed by atoms with Crippen LogP contribution in [0.25, 0.3) is 0 Å². The maximum atomic E-state index is 12.6. The van der Waals surface area contributed by atoms with Crippen molar-refractivity contribution in [2.75, 3.05) is 13.1 Å². The molecule has 0 aromatic heterocycles. The molecule has 0 aromatic carbocycles. The van der Waals surface area contributed by atoms with Crippen molar-refractivity contribution in [3.05, 3.63) is 0 Å². The van der Waals surface area contributed by atoms with Gasteiger partial charge in [-0.1, -0.05) is 12.8 Å². The number of nitrogens with two attached hydrogens (primary N) is 1. The summed E-state index contributed by atoms with van der Waals surface area (Å²) in [5.41, 5.74) is 4.99. The van der Waals surface area contributed by atoms with Crippen molar-refractivity contribution in [1.82, 2.24) is 16.0 Å². The Bertz CT molecular complexity index is 362. The summed E-state index contributed by atoms with van der Waals surface area (Å²) < 4.78 is 0. The molecule has 0 aliphatic heterocycles. The van der Waals surface area contributed by atoms with Crippen LogP contribution >= 0.6 is 0 Å². The molecule has 0 heterocycles. The van der Waals surface area contributed by atoms with E-state index in [1.807, 2.05) is 6.92 Å². The zero-order chi connectivity index (χ0) is 14.6. The maximum Gasteiger partial charge on any atom is 0.315 e. The van der Waals surface area contributed by atoms with Gasteiger partial charge in [0.15, 0.2) is 0 Å². The van der Waals surface area contributed by atoms with Gasteiger partial charge in [0.05, 0.1) is 0 Å². The molecule has 114 valence electrons. The van der Waals surface area contributed by atoms with E-state index in [0.717, 1.165) is 25.7 Å². The highest BCUT2D eigenvalue weighted by Crippen LogP contribution is 2.34. The molecule has 2 aliphatic carbocycles. The van der Waals surface area contributed by atoms with Crippen LogP contribution in [-0.2, 0) is 4.79 Å². The van der Waals surface area contributed by atoms with Gasteiger partial charge in [0, 0.05) is 19.1 Å². The number of nitrogens with one attached hydrogen (secondary N) is 3. The van der Waals surface area contributed by atoms with Crippen molar-refractivity contribution in [1.29, 1.82) is 0 Å². The van der Waals surface area contributed by atoms with Gasteiger partial charge in [0.1, 0.15) is 5.54 Å². The van der Waals surface area contributed by atoms with E-state index in [4.69, 9.17) is 5.73 Å². The lowest BCUT2D eigenvalue weighted by atomic mass is 9.95. The highest BCUT2D eigenvalue weighted by molar-refractivity contribution is 5.91. The Morgan fingerprint density at radius 3 is 2.45 bits per heavy atom. The molecule has 0 aromatic rings. The van der Waals surface area contributed by atoms with Crippen LogP contribution in [0.2, 0.25) is 0 Å². The van der Waals surface area contributed by atoms with E-state index < -0.39 is 5.54 Å².